The number of rotatable bonds is 4. The summed E-state index contributed by atoms with van der Waals surface area (Å²) in [6, 6.07) is 9.99. The lowest BCUT2D eigenvalue weighted by atomic mass is 10.0. The van der Waals surface area contributed by atoms with Gasteiger partial charge >= 0.3 is 0 Å². The van der Waals surface area contributed by atoms with Crippen LogP contribution in [0.5, 0.6) is 0 Å². The summed E-state index contributed by atoms with van der Waals surface area (Å²) in [5, 5.41) is 2.98. The van der Waals surface area contributed by atoms with Crippen molar-refractivity contribution in [3.05, 3.63) is 59.0 Å². The van der Waals surface area contributed by atoms with Crippen LogP contribution in [0.2, 0.25) is 0 Å². The second-order valence-corrected chi connectivity index (χ2v) is 4.68. The maximum absolute atomic E-state index is 12.1. The number of carbonyl (C=O) groups excluding carboxylic acids is 1. The summed E-state index contributed by atoms with van der Waals surface area (Å²) >= 11 is 0. The Morgan fingerprint density at radius 1 is 1.26 bits per heavy atom. The Kier molecular flexibility index (Phi) is 4.05. The Morgan fingerprint density at radius 3 is 2.47 bits per heavy atom. The van der Waals surface area contributed by atoms with E-state index in [1.807, 2.05) is 6.92 Å². The van der Waals surface area contributed by atoms with Crippen LogP contribution in [-0.2, 0) is 6.42 Å². The van der Waals surface area contributed by atoms with Crippen LogP contribution in [0.3, 0.4) is 0 Å². The molecule has 100 valence electrons. The maximum atomic E-state index is 12.1. The van der Waals surface area contributed by atoms with Crippen molar-refractivity contribution in [2.75, 3.05) is 0 Å². The minimum Gasteiger partial charge on any atom is -0.469 e. The van der Waals surface area contributed by atoms with E-state index in [9.17, 15) is 4.79 Å². The highest BCUT2D eigenvalue weighted by Crippen LogP contribution is 2.16. The molecule has 2 rings (SSSR count). The van der Waals surface area contributed by atoms with Crippen molar-refractivity contribution in [2.45, 2.75) is 33.2 Å². The van der Waals surface area contributed by atoms with E-state index in [1.165, 1.54) is 11.8 Å². The smallest absolute Gasteiger partial charge is 0.255 e. The molecule has 19 heavy (non-hydrogen) atoms. The first-order valence-electron chi connectivity index (χ1n) is 6.55. The van der Waals surface area contributed by atoms with Crippen LogP contribution in [-0.4, -0.2) is 5.91 Å². The van der Waals surface area contributed by atoms with Gasteiger partial charge in [0.15, 0.2) is 0 Å². The molecule has 0 radical (unpaired) electrons. The van der Waals surface area contributed by atoms with Crippen molar-refractivity contribution in [3.63, 3.8) is 0 Å². The van der Waals surface area contributed by atoms with Crippen LogP contribution < -0.4 is 5.32 Å². The van der Waals surface area contributed by atoms with Crippen LogP contribution >= 0.6 is 0 Å². The summed E-state index contributed by atoms with van der Waals surface area (Å²) < 4.78 is 5.14. The quantitative estimate of drug-likeness (QED) is 0.908. The predicted octanol–water partition coefficient (Wildman–Crippen LogP) is 3.64. The molecule has 0 aliphatic rings. The summed E-state index contributed by atoms with van der Waals surface area (Å²) in [6.45, 7) is 5.89. The Balaban J connectivity index is 2.06. The second-order valence-electron chi connectivity index (χ2n) is 4.68. The Labute approximate surface area is 113 Å². The molecule has 3 heteroatoms. The number of aryl methyl sites for hydroxylation is 2. The van der Waals surface area contributed by atoms with Gasteiger partial charge in [0, 0.05) is 0 Å². The molecule has 1 N–H and O–H groups in total. The Hall–Kier alpha value is -2.03. The zero-order valence-corrected chi connectivity index (χ0v) is 11.6. The predicted molar refractivity (Wildman–Crippen MR) is 75.1 cm³/mol. The summed E-state index contributed by atoms with van der Waals surface area (Å²) in [4.78, 5) is 12.1. The van der Waals surface area contributed by atoms with Gasteiger partial charge in [0.1, 0.15) is 5.76 Å². The normalized spacial score (nSPS) is 12.2. The molecule has 0 aliphatic carbocycles. The average molecular weight is 257 g/mol. The largest absolute Gasteiger partial charge is 0.469 e. The molecule has 0 fully saturated rings. The van der Waals surface area contributed by atoms with Gasteiger partial charge in [-0.2, -0.15) is 0 Å². The molecule has 3 nitrogen and oxygen atoms in total. The first-order chi connectivity index (χ1) is 9.11. The number of hydrogen-bond donors (Lipinski definition) is 1. The molecule has 1 amide bonds. The van der Waals surface area contributed by atoms with Crippen molar-refractivity contribution in [3.8, 4) is 0 Å². The minimum atomic E-state index is -0.0988. The number of carbonyl (C=O) groups is 1. The van der Waals surface area contributed by atoms with Crippen LogP contribution in [0, 0.1) is 6.92 Å². The van der Waals surface area contributed by atoms with Gasteiger partial charge in [-0.25, -0.2) is 0 Å². The van der Waals surface area contributed by atoms with Crippen LogP contribution in [0.15, 0.2) is 41.0 Å². The van der Waals surface area contributed by atoms with Crippen molar-refractivity contribution < 1.29 is 9.21 Å². The Morgan fingerprint density at radius 2 is 1.95 bits per heavy atom. The van der Waals surface area contributed by atoms with Gasteiger partial charge in [-0.15, -0.1) is 0 Å². The molecule has 1 atom stereocenters. The number of nitrogens with one attached hydrogen (secondary N) is 1. The molecule has 0 unspecified atom stereocenters. The highest BCUT2D eigenvalue weighted by Gasteiger charge is 2.14. The van der Waals surface area contributed by atoms with E-state index in [4.69, 9.17) is 4.42 Å². The SMILES string of the molecule is CCc1ccc([C@H](C)NC(=O)c2ccoc2C)cc1. The molecule has 0 spiro atoms. The van der Waals surface area contributed by atoms with E-state index >= 15 is 0 Å². The van der Waals surface area contributed by atoms with E-state index in [0.29, 0.717) is 11.3 Å². The van der Waals surface area contributed by atoms with E-state index < -0.39 is 0 Å². The second kappa shape index (κ2) is 5.74. The monoisotopic (exact) mass is 257 g/mol. The summed E-state index contributed by atoms with van der Waals surface area (Å²) in [6.07, 6.45) is 2.56. The first-order valence-corrected chi connectivity index (χ1v) is 6.55. The summed E-state index contributed by atoms with van der Waals surface area (Å²) in [5.74, 6) is 0.546. The van der Waals surface area contributed by atoms with Gasteiger partial charge in [0.05, 0.1) is 17.9 Å². The fourth-order valence-electron chi connectivity index (χ4n) is 2.02. The molecule has 1 aromatic carbocycles. The number of amides is 1. The number of furan rings is 1. The van der Waals surface area contributed by atoms with Gasteiger partial charge in [-0.05, 0) is 37.5 Å². The fraction of sp³-hybridized carbons (Fsp3) is 0.312. The van der Waals surface area contributed by atoms with Crippen molar-refractivity contribution >= 4 is 5.91 Å². The highest BCUT2D eigenvalue weighted by molar-refractivity contribution is 5.95. The molecular weight excluding hydrogens is 238 g/mol. The number of benzene rings is 1. The molecule has 2 aromatic rings. The molecule has 0 saturated heterocycles. The van der Waals surface area contributed by atoms with Gasteiger partial charge in [-0.3, -0.25) is 4.79 Å². The summed E-state index contributed by atoms with van der Waals surface area (Å²) in [5.41, 5.74) is 3.00. The van der Waals surface area contributed by atoms with Gasteiger partial charge in [0.25, 0.3) is 5.91 Å². The van der Waals surface area contributed by atoms with E-state index in [0.717, 1.165) is 12.0 Å². The maximum Gasteiger partial charge on any atom is 0.255 e. The fourth-order valence-corrected chi connectivity index (χ4v) is 2.02. The third-order valence-corrected chi connectivity index (χ3v) is 3.34. The van der Waals surface area contributed by atoms with Crippen LogP contribution in [0.1, 0.15) is 47.1 Å². The van der Waals surface area contributed by atoms with Crippen molar-refractivity contribution in [2.24, 2.45) is 0 Å². The highest BCUT2D eigenvalue weighted by atomic mass is 16.3. The standard InChI is InChI=1S/C16H19NO2/c1-4-13-5-7-14(8-6-13)11(2)17-16(18)15-9-10-19-12(15)3/h5-11H,4H2,1-3H3,(H,17,18)/t11-/m0/s1. The zero-order valence-electron chi connectivity index (χ0n) is 11.6. The molecule has 0 aliphatic heterocycles. The molecular formula is C16H19NO2. The molecule has 1 heterocycles. The lowest BCUT2D eigenvalue weighted by molar-refractivity contribution is 0.0938. The van der Waals surface area contributed by atoms with Crippen molar-refractivity contribution in [1.82, 2.24) is 5.32 Å². The van der Waals surface area contributed by atoms with Crippen LogP contribution in [0.25, 0.3) is 0 Å². The molecule has 0 bridgehead atoms. The zero-order chi connectivity index (χ0) is 13.8. The van der Waals surface area contributed by atoms with E-state index in [-0.39, 0.29) is 11.9 Å². The first kappa shape index (κ1) is 13.4. The summed E-state index contributed by atoms with van der Waals surface area (Å²) in [7, 11) is 0. The molecule has 1 aromatic heterocycles. The topological polar surface area (TPSA) is 42.2 Å². The van der Waals surface area contributed by atoms with Crippen molar-refractivity contribution in [1.29, 1.82) is 0 Å². The lowest BCUT2D eigenvalue weighted by Crippen LogP contribution is -2.26. The molecule has 0 saturated carbocycles. The van der Waals surface area contributed by atoms with Gasteiger partial charge in [-0.1, -0.05) is 31.2 Å². The number of hydrogen-bond acceptors (Lipinski definition) is 2. The minimum absolute atomic E-state index is 0.0206. The Bertz CT molecular complexity index is 554. The third kappa shape index (κ3) is 3.05. The average Bonchev–Trinajstić information content (AvgIpc) is 2.85. The lowest BCUT2D eigenvalue weighted by Gasteiger charge is -2.14. The van der Waals surface area contributed by atoms with E-state index in [2.05, 4.69) is 36.5 Å². The third-order valence-electron chi connectivity index (χ3n) is 3.34. The van der Waals surface area contributed by atoms with Gasteiger partial charge < -0.3 is 9.73 Å². The van der Waals surface area contributed by atoms with E-state index in [1.54, 1.807) is 13.0 Å². The van der Waals surface area contributed by atoms with Gasteiger partial charge in [0.2, 0.25) is 0 Å². The van der Waals surface area contributed by atoms with Crippen LogP contribution in [0.4, 0.5) is 0 Å².